The Morgan fingerprint density at radius 2 is 0.817 bits per heavy atom. The van der Waals surface area contributed by atoms with Gasteiger partial charge in [0.2, 0.25) is 0 Å². The molecule has 0 saturated heterocycles. The standard InChI is InChI=1S/C23H46O10.C20H50O6Si5.C18H26F3NO5S.K/c1-5-23(2,3)22(24)33-21-20-32-19-18-31-17-16-30-15-14-29-13-12-28-11-10-27-9-8-26-7-6-25-4;1-15-20(2,3)19(21)22-17-16-18-28(7,8)24-30(11,12)26-31(13,14)25-29(9,10)23-27(4,5)6;1-4-15(2,3)14(24)27-17-8-11-5-12(9-17)7-16(6-11,10-17)13(23)22-28(25,26)18(19,20)21;/h5-21H2,1-4H3;15-18H2,1-14H3;11-12H,4-10H2,1-3H3,(H,22,23);/q;;;+1/p-1. The normalized spacial score (nSPS) is 19.6. The fraction of sp³-hybridized carbons (Fsp3) is 0.934. The van der Waals surface area contributed by atoms with E-state index in [1.165, 1.54) is 0 Å². The zero-order valence-corrected chi connectivity index (χ0v) is 70.0. The van der Waals surface area contributed by atoms with Crippen molar-refractivity contribution in [3.05, 3.63) is 4.72 Å². The SMILES string of the molecule is CCC(C)(C)C(=O)OC12CC3CC(C1)CC(C(=O)[N-]S(=O)(=O)C(F)(F)F)(C3)C2.CCC(C)(C)C(=O)OCCC[Si](C)(C)O[Si](C)(C)O[Si](C)(C)O[Si](C)(C)O[Si](C)(C)C.CCC(C)(C)C(=O)OCCOCCOCCOCCOCCOCCOCCOCCOC.[K+]. The summed E-state index contributed by atoms with van der Waals surface area (Å²) in [6.45, 7) is 48.9. The molecule has 2 atom stereocenters. The van der Waals surface area contributed by atoms with E-state index in [-0.39, 0.29) is 101 Å². The van der Waals surface area contributed by atoms with Gasteiger partial charge >= 0.3 is 100 Å². The molecule has 544 valence electrons. The van der Waals surface area contributed by atoms with Crippen LogP contribution in [0.25, 0.3) is 4.72 Å². The number of nitrogens with zero attached hydrogens (tertiary/aromatic N) is 1. The molecule has 4 aliphatic rings. The van der Waals surface area contributed by atoms with Crippen LogP contribution >= 0.6 is 0 Å². The van der Waals surface area contributed by atoms with Crippen LogP contribution in [0.5, 0.6) is 0 Å². The number of halogens is 3. The van der Waals surface area contributed by atoms with Gasteiger partial charge in [-0.05, 0) is 196 Å². The Labute approximate surface area is 605 Å². The van der Waals surface area contributed by atoms with Crippen molar-refractivity contribution < 1.29 is 161 Å². The van der Waals surface area contributed by atoms with E-state index in [9.17, 15) is 40.8 Å². The van der Waals surface area contributed by atoms with E-state index in [0.717, 1.165) is 31.7 Å². The summed E-state index contributed by atoms with van der Waals surface area (Å²) in [5, 5.41) is 0. The number of hydrogen-bond acceptors (Lipinski definition) is 21. The number of carbonyl (C=O) groups is 4. The molecule has 4 aliphatic carbocycles. The van der Waals surface area contributed by atoms with Gasteiger partial charge in [0, 0.05) is 12.5 Å². The van der Waals surface area contributed by atoms with Gasteiger partial charge in [-0.2, -0.15) is 13.2 Å². The molecule has 32 heteroatoms. The molecule has 4 fully saturated rings. The number of esters is 3. The minimum atomic E-state index is -5.89. The first-order valence-electron chi connectivity index (χ1n) is 32.7. The Morgan fingerprint density at radius 3 is 1.17 bits per heavy atom. The van der Waals surface area contributed by atoms with E-state index in [4.69, 9.17) is 68.6 Å². The number of alkyl halides is 3. The molecule has 0 aromatic carbocycles. The van der Waals surface area contributed by atoms with E-state index < -0.39 is 97.0 Å². The second-order valence-electron chi connectivity index (χ2n) is 29.0. The number of ether oxygens (including phenoxy) is 11. The average Bonchev–Trinajstić information content (AvgIpc) is 0.715. The summed E-state index contributed by atoms with van der Waals surface area (Å²) >= 11 is 0. The zero-order chi connectivity index (χ0) is 70.6. The Morgan fingerprint density at radius 1 is 0.484 bits per heavy atom. The number of amides is 1. The fourth-order valence-electron chi connectivity index (χ4n) is 11.1. The Hall–Kier alpha value is -0.139. The molecule has 1 amide bonds. The number of sulfonamides is 1. The summed E-state index contributed by atoms with van der Waals surface area (Å²) in [6.07, 6.45) is 5.40. The van der Waals surface area contributed by atoms with Crippen molar-refractivity contribution in [2.45, 2.75) is 216 Å². The summed E-state index contributed by atoms with van der Waals surface area (Å²) in [7, 11) is -14.9. The number of carbonyl (C=O) groups excluding carboxylic acids is 4. The van der Waals surface area contributed by atoms with Crippen molar-refractivity contribution in [2.75, 3.05) is 119 Å². The van der Waals surface area contributed by atoms with Gasteiger partial charge < -0.3 is 78.1 Å². The summed E-state index contributed by atoms with van der Waals surface area (Å²) in [5.74, 6) is -1.96. The van der Waals surface area contributed by atoms with E-state index in [1.54, 1.807) is 21.0 Å². The topological polar surface area (TPSA) is 255 Å². The van der Waals surface area contributed by atoms with Crippen LogP contribution in [0, 0.1) is 33.5 Å². The smallest absolute Gasteiger partial charge is 0.538 e. The van der Waals surface area contributed by atoms with Gasteiger partial charge in [0.15, 0.2) is 26.7 Å². The predicted molar refractivity (Wildman–Crippen MR) is 358 cm³/mol. The molecule has 0 N–H and O–H groups in total. The number of hydrogen-bond donors (Lipinski definition) is 0. The predicted octanol–water partition coefficient (Wildman–Crippen LogP) is 9.35. The second-order valence-corrected chi connectivity index (χ2v) is 50.5. The summed E-state index contributed by atoms with van der Waals surface area (Å²) in [5.41, 5.74) is -9.43. The summed E-state index contributed by atoms with van der Waals surface area (Å²) in [6, 6.07) is 0.925. The van der Waals surface area contributed by atoms with Crippen LogP contribution in [0.2, 0.25) is 78.1 Å². The van der Waals surface area contributed by atoms with Crippen molar-refractivity contribution >= 4 is 76.2 Å². The maximum atomic E-state index is 12.7. The van der Waals surface area contributed by atoms with Crippen LogP contribution in [0.3, 0.4) is 0 Å². The molecule has 0 radical (unpaired) electrons. The van der Waals surface area contributed by atoms with E-state index in [1.807, 2.05) is 48.5 Å². The van der Waals surface area contributed by atoms with Gasteiger partial charge in [0.05, 0.1) is 128 Å². The van der Waals surface area contributed by atoms with E-state index in [0.29, 0.717) is 125 Å². The molecule has 0 aliphatic heterocycles. The van der Waals surface area contributed by atoms with Crippen molar-refractivity contribution in [3.8, 4) is 0 Å². The molecule has 0 spiro atoms. The molecular weight excluding hydrogens is 1350 g/mol. The van der Waals surface area contributed by atoms with Gasteiger partial charge in [-0.15, -0.1) is 0 Å². The fourth-order valence-corrected chi connectivity index (χ4v) is 35.3. The van der Waals surface area contributed by atoms with Gasteiger partial charge in [-0.3, -0.25) is 14.4 Å². The second kappa shape index (κ2) is 42.3. The van der Waals surface area contributed by atoms with Crippen molar-refractivity contribution in [1.29, 1.82) is 0 Å². The van der Waals surface area contributed by atoms with Crippen molar-refractivity contribution in [1.82, 2.24) is 0 Å². The maximum absolute atomic E-state index is 12.7. The monoisotopic (exact) mass is 1470 g/mol. The van der Waals surface area contributed by atoms with Gasteiger partial charge in [-0.1, -0.05) is 20.8 Å². The van der Waals surface area contributed by atoms with Crippen LogP contribution in [0.15, 0.2) is 0 Å². The molecule has 4 saturated carbocycles. The third kappa shape index (κ3) is 37.9. The molecule has 0 aromatic heterocycles. The third-order valence-electron chi connectivity index (χ3n) is 15.9. The maximum Gasteiger partial charge on any atom is 1.00 e. The van der Waals surface area contributed by atoms with Gasteiger partial charge in [0.1, 0.15) is 12.2 Å². The van der Waals surface area contributed by atoms with Crippen LogP contribution in [0.1, 0.15) is 127 Å². The van der Waals surface area contributed by atoms with Crippen LogP contribution in [0.4, 0.5) is 13.2 Å². The van der Waals surface area contributed by atoms with Gasteiger partial charge in [-0.25, -0.2) is 8.42 Å². The molecule has 93 heavy (non-hydrogen) atoms. The molecule has 4 bridgehead atoms. The molecule has 4 rings (SSSR count). The molecule has 0 heterocycles. The van der Waals surface area contributed by atoms with Crippen molar-refractivity contribution in [2.24, 2.45) is 33.5 Å². The third-order valence-corrected chi connectivity index (χ3v) is 34.9. The van der Waals surface area contributed by atoms with E-state index >= 15 is 0 Å². The Kier molecular flexibility index (Phi) is 42.3. The molecular formula is C61H121F3KNO21SSi5. The summed E-state index contributed by atoms with van der Waals surface area (Å²) < 4.78 is 149. The van der Waals surface area contributed by atoms with Crippen LogP contribution in [-0.2, 0) is 97.8 Å². The summed E-state index contributed by atoms with van der Waals surface area (Å²) in [4.78, 5) is 49.2. The zero-order valence-electron chi connectivity index (χ0n) is 61.0. The molecule has 22 nitrogen and oxygen atoms in total. The molecule has 0 aromatic rings. The first kappa shape index (κ1) is 92.9. The van der Waals surface area contributed by atoms with Crippen LogP contribution < -0.4 is 51.4 Å². The average molecular weight is 1470 g/mol. The number of methoxy groups -OCH3 is 1. The Bertz CT molecular complexity index is 2290. The quantitative estimate of drug-likeness (QED) is 0.0238. The first-order valence-corrected chi connectivity index (χ1v) is 49.1. The largest absolute Gasteiger partial charge is 1.00 e. The first-order chi connectivity index (χ1) is 42.2. The Balaban J connectivity index is 0.00000136. The minimum absolute atomic E-state index is 0. The minimum Gasteiger partial charge on any atom is -0.538 e. The number of rotatable bonds is 45. The molecule has 2 unspecified atom stereocenters. The van der Waals surface area contributed by atoms with Crippen molar-refractivity contribution in [3.63, 3.8) is 0 Å². The van der Waals surface area contributed by atoms with E-state index in [2.05, 4.69) is 76.7 Å². The van der Waals surface area contributed by atoms with Crippen LogP contribution in [-0.4, -0.2) is 205 Å². The van der Waals surface area contributed by atoms with Gasteiger partial charge in [0.25, 0.3) is 0 Å².